The summed E-state index contributed by atoms with van der Waals surface area (Å²) in [4.78, 5) is 14.1. The number of fused-ring (bicyclic) bond motifs is 1. The largest absolute Gasteiger partial charge is 0.476 e. The zero-order valence-electron chi connectivity index (χ0n) is 26.4. The predicted molar refractivity (Wildman–Crippen MR) is 173 cm³/mol. The number of piperazine rings is 1. The summed E-state index contributed by atoms with van der Waals surface area (Å²) in [5.41, 5.74) is 11.5. The van der Waals surface area contributed by atoms with Crippen molar-refractivity contribution in [3.8, 4) is 6.07 Å². The number of anilines is 1. The van der Waals surface area contributed by atoms with Gasteiger partial charge in [-0.1, -0.05) is 18.1 Å². The number of nitriles is 1. The van der Waals surface area contributed by atoms with Crippen LogP contribution in [0.3, 0.4) is 0 Å². The highest BCUT2D eigenvalue weighted by Gasteiger charge is 2.47. The van der Waals surface area contributed by atoms with Crippen LogP contribution in [-0.2, 0) is 24.1 Å². The minimum absolute atomic E-state index is 0.0494. The molecule has 234 valence electrons. The second-order valence-electron chi connectivity index (χ2n) is 13.1. The molecule has 4 aliphatic rings. The van der Waals surface area contributed by atoms with Crippen LogP contribution in [0.25, 0.3) is 0 Å². The number of aromatic nitrogens is 1. The average molecular weight is 599 g/mol. The molecule has 0 bridgehead atoms. The molecular formula is C34H46N8O2. The molecule has 1 spiro atoms. The van der Waals surface area contributed by atoms with Gasteiger partial charge in [-0.05, 0) is 95.8 Å². The molecule has 1 aromatic carbocycles. The molecule has 2 saturated heterocycles. The van der Waals surface area contributed by atoms with Crippen molar-refractivity contribution in [1.29, 1.82) is 5.26 Å². The number of nitrogens with zero attached hydrogens (tertiary/aromatic N) is 6. The fourth-order valence-corrected chi connectivity index (χ4v) is 7.43. The van der Waals surface area contributed by atoms with Crippen molar-refractivity contribution in [3.05, 3.63) is 57.7 Å². The Hall–Kier alpha value is -3.68. The van der Waals surface area contributed by atoms with Gasteiger partial charge >= 0.3 is 0 Å². The summed E-state index contributed by atoms with van der Waals surface area (Å²) in [7, 11) is 2.15. The minimum atomic E-state index is -0.0494. The summed E-state index contributed by atoms with van der Waals surface area (Å²) in [6.07, 6.45) is 10.2. The number of hydrogen-bond acceptors (Lipinski definition) is 10. The van der Waals surface area contributed by atoms with E-state index >= 15 is 0 Å². The number of likely N-dealkylation sites (tertiary alicyclic amines) is 1. The first-order valence-corrected chi connectivity index (χ1v) is 16.2. The van der Waals surface area contributed by atoms with Gasteiger partial charge < -0.3 is 30.1 Å². The van der Waals surface area contributed by atoms with Crippen LogP contribution in [-0.4, -0.2) is 78.5 Å². The standard InChI is InChI=1S/C34H46N8O2/c1-5-23-11-12-28(36)27(17-35)32(23)26-10-6-9-25-29(40-44-33(25)26)18-38-31(43-20-24-8-7-15-41(24)4)16-30(37-3)42-19-22(2)39-34(21-42)13-14-34/h11-12,16,22,24,26,39H,3,5-10,13-15,18-21,36H2,1-2,4H3/b30-16+,38-31?. The molecule has 44 heavy (non-hydrogen) atoms. The van der Waals surface area contributed by atoms with E-state index in [0.717, 1.165) is 85.7 Å². The van der Waals surface area contributed by atoms with Gasteiger partial charge in [-0.3, -0.25) is 0 Å². The predicted octanol–water partition coefficient (Wildman–Crippen LogP) is 4.54. The van der Waals surface area contributed by atoms with Crippen LogP contribution in [0, 0.1) is 11.3 Å². The molecule has 3 heterocycles. The Morgan fingerprint density at radius 1 is 1.34 bits per heavy atom. The van der Waals surface area contributed by atoms with E-state index in [2.05, 4.69) is 58.9 Å². The van der Waals surface area contributed by atoms with E-state index < -0.39 is 0 Å². The molecule has 0 amide bonds. The number of benzene rings is 1. The fraction of sp³-hybridized carbons (Fsp3) is 0.588. The number of ether oxygens (including phenoxy) is 1. The highest BCUT2D eigenvalue weighted by atomic mass is 16.5. The molecule has 6 rings (SSSR count). The Labute approximate surface area is 261 Å². The monoisotopic (exact) mass is 598 g/mol. The highest BCUT2D eigenvalue weighted by Crippen LogP contribution is 2.42. The second-order valence-corrected chi connectivity index (χ2v) is 13.1. The third kappa shape index (κ3) is 6.13. The Balaban J connectivity index is 1.28. The van der Waals surface area contributed by atoms with Crippen LogP contribution in [0.15, 0.2) is 38.5 Å². The van der Waals surface area contributed by atoms with Gasteiger partial charge in [0.1, 0.15) is 30.0 Å². The molecular weight excluding hydrogens is 552 g/mol. The second kappa shape index (κ2) is 12.7. The Kier molecular flexibility index (Phi) is 8.79. The molecule has 10 nitrogen and oxygen atoms in total. The van der Waals surface area contributed by atoms with Crippen molar-refractivity contribution in [2.24, 2.45) is 9.98 Å². The lowest BCUT2D eigenvalue weighted by atomic mass is 9.78. The maximum Gasteiger partial charge on any atom is 0.212 e. The molecule has 2 aliphatic heterocycles. The lowest BCUT2D eigenvalue weighted by Crippen LogP contribution is -2.56. The molecule has 2 aliphatic carbocycles. The summed E-state index contributed by atoms with van der Waals surface area (Å²) in [5.74, 6) is 2.13. The molecule has 3 N–H and O–H groups in total. The summed E-state index contributed by atoms with van der Waals surface area (Å²) in [6, 6.07) is 6.96. The van der Waals surface area contributed by atoms with Crippen molar-refractivity contribution in [2.45, 2.75) is 95.3 Å². The van der Waals surface area contributed by atoms with Gasteiger partial charge in [0.25, 0.3) is 0 Å². The minimum Gasteiger partial charge on any atom is -0.476 e. The lowest BCUT2D eigenvalue weighted by Gasteiger charge is -2.39. The molecule has 3 fully saturated rings. The number of nitrogens with two attached hydrogens (primary N) is 1. The van der Waals surface area contributed by atoms with E-state index in [1.807, 2.05) is 18.2 Å². The van der Waals surface area contributed by atoms with Gasteiger partial charge in [-0.25, -0.2) is 9.98 Å². The Morgan fingerprint density at radius 3 is 2.89 bits per heavy atom. The van der Waals surface area contributed by atoms with Crippen LogP contribution >= 0.6 is 0 Å². The zero-order chi connectivity index (χ0) is 30.8. The van der Waals surface area contributed by atoms with Crippen molar-refractivity contribution in [1.82, 2.24) is 20.3 Å². The number of nitrogens with one attached hydrogen (secondary N) is 1. The number of aryl methyl sites for hydroxylation is 1. The molecule has 1 saturated carbocycles. The zero-order valence-corrected chi connectivity index (χ0v) is 26.4. The van der Waals surface area contributed by atoms with Crippen molar-refractivity contribution in [3.63, 3.8) is 0 Å². The molecule has 1 aromatic heterocycles. The van der Waals surface area contributed by atoms with Crippen LogP contribution < -0.4 is 11.1 Å². The highest BCUT2D eigenvalue weighted by molar-refractivity contribution is 5.88. The third-order valence-corrected chi connectivity index (χ3v) is 9.96. The van der Waals surface area contributed by atoms with Crippen molar-refractivity contribution in [2.75, 3.05) is 39.0 Å². The van der Waals surface area contributed by atoms with Crippen molar-refractivity contribution >= 4 is 18.3 Å². The molecule has 3 atom stereocenters. The maximum absolute atomic E-state index is 9.99. The van der Waals surface area contributed by atoms with Gasteiger partial charge in [0.05, 0.1) is 12.1 Å². The summed E-state index contributed by atoms with van der Waals surface area (Å²) in [6.45, 7) is 12.0. The smallest absolute Gasteiger partial charge is 0.212 e. The summed E-state index contributed by atoms with van der Waals surface area (Å²) >= 11 is 0. The fourth-order valence-electron chi connectivity index (χ4n) is 7.43. The van der Waals surface area contributed by atoms with Crippen LogP contribution in [0.4, 0.5) is 5.69 Å². The van der Waals surface area contributed by atoms with Gasteiger partial charge in [-0.15, -0.1) is 0 Å². The molecule has 2 aromatic rings. The average Bonchev–Trinajstić information content (AvgIpc) is 3.40. The normalized spacial score (nSPS) is 25.1. The van der Waals surface area contributed by atoms with Gasteiger partial charge in [-0.2, -0.15) is 5.26 Å². The molecule has 0 radical (unpaired) electrons. The number of likely N-dealkylation sites (N-methyl/N-ethyl adjacent to an activating group) is 1. The van der Waals surface area contributed by atoms with Gasteiger partial charge in [0.15, 0.2) is 0 Å². The topological polar surface area (TPSA) is 128 Å². The number of rotatable bonds is 9. The number of aliphatic imine (C=N–C) groups is 2. The van der Waals surface area contributed by atoms with E-state index in [1.165, 1.54) is 19.3 Å². The SMILES string of the molecule is C=N/C(=C\C(=NCc1noc2c1CCCC2c1c(CC)ccc(N)c1C#N)OCC1CCCN1C)N1CC(C)NC2(CC2)C1. The van der Waals surface area contributed by atoms with E-state index in [1.54, 1.807) is 0 Å². The van der Waals surface area contributed by atoms with E-state index in [-0.39, 0.29) is 11.5 Å². The first kappa shape index (κ1) is 30.4. The van der Waals surface area contributed by atoms with Crippen LogP contribution in [0.5, 0.6) is 0 Å². The van der Waals surface area contributed by atoms with Gasteiger partial charge in [0, 0.05) is 54.0 Å². The van der Waals surface area contributed by atoms with E-state index in [9.17, 15) is 5.26 Å². The lowest BCUT2D eigenvalue weighted by molar-refractivity contribution is 0.186. The Morgan fingerprint density at radius 2 is 2.18 bits per heavy atom. The number of hydrogen-bond donors (Lipinski definition) is 2. The van der Waals surface area contributed by atoms with Crippen LogP contribution in [0.2, 0.25) is 0 Å². The Bertz CT molecular complexity index is 1480. The van der Waals surface area contributed by atoms with E-state index in [0.29, 0.717) is 42.4 Å². The summed E-state index contributed by atoms with van der Waals surface area (Å²) in [5, 5.41) is 18.3. The van der Waals surface area contributed by atoms with Gasteiger partial charge in [0.2, 0.25) is 5.90 Å². The molecule has 10 heteroatoms. The number of nitrogen functional groups attached to an aromatic ring is 1. The first-order chi connectivity index (χ1) is 21.3. The van der Waals surface area contributed by atoms with Crippen LogP contribution in [0.1, 0.15) is 92.0 Å². The first-order valence-electron chi connectivity index (χ1n) is 16.2. The van der Waals surface area contributed by atoms with E-state index in [4.69, 9.17) is 20.0 Å². The third-order valence-electron chi connectivity index (χ3n) is 9.96. The molecule has 3 unspecified atom stereocenters. The van der Waals surface area contributed by atoms with Crippen molar-refractivity contribution < 1.29 is 9.26 Å². The maximum atomic E-state index is 9.99. The summed E-state index contributed by atoms with van der Waals surface area (Å²) < 4.78 is 12.5. The quantitative estimate of drug-likeness (QED) is 0.245.